The van der Waals surface area contributed by atoms with Crippen molar-refractivity contribution in [3.8, 4) is 0 Å². The van der Waals surface area contributed by atoms with Gasteiger partial charge in [0.2, 0.25) is 0 Å². The number of hydrogen-bond acceptors (Lipinski definition) is 5. The molecule has 0 radical (unpaired) electrons. The number of aromatic nitrogens is 4. The first-order chi connectivity index (χ1) is 15.1. The van der Waals surface area contributed by atoms with Crippen molar-refractivity contribution in [3.05, 3.63) is 75.8 Å². The molecule has 10 heteroatoms. The SMILES string of the molecule is CC1=C(c2nc3cc(S(C)(=O)=O)ccc3n2C)C(c2ccc(Cl)c(Cl)c2)n2nccc2N1. The fraction of sp³-hybridized carbons (Fsp3) is 0.182. The van der Waals surface area contributed by atoms with Gasteiger partial charge in [-0.05, 0) is 42.8 Å². The largest absolute Gasteiger partial charge is 0.344 e. The lowest BCUT2D eigenvalue weighted by atomic mass is 9.95. The lowest BCUT2D eigenvalue weighted by Crippen LogP contribution is -2.25. The molecule has 0 spiro atoms. The van der Waals surface area contributed by atoms with Gasteiger partial charge in [0.25, 0.3) is 0 Å². The Kier molecular flexibility index (Phi) is 4.85. The number of benzene rings is 2. The second-order valence-electron chi connectivity index (χ2n) is 7.82. The highest BCUT2D eigenvalue weighted by molar-refractivity contribution is 7.90. The second kappa shape index (κ2) is 7.37. The van der Waals surface area contributed by atoms with Crippen LogP contribution in [0, 0.1) is 0 Å². The van der Waals surface area contributed by atoms with Crippen LogP contribution in [-0.4, -0.2) is 34.0 Å². The summed E-state index contributed by atoms with van der Waals surface area (Å²) in [5.41, 5.74) is 4.15. The Balaban J connectivity index is 1.75. The molecule has 164 valence electrons. The van der Waals surface area contributed by atoms with Crippen LogP contribution in [-0.2, 0) is 16.9 Å². The third kappa shape index (κ3) is 3.30. The number of nitrogens with one attached hydrogen (secondary N) is 1. The van der Waals surface area contributed by atoms with E-state index in [1.54, 1.807) is 30.5 Å². The van der Waals surface area contributed by atoms with Crippen LogP contribution >= 0.6 is 23.2 Å². The summed E-state index contributed by atoms with van der Waals surface area (Å²) in [4.78, 5) is 5.07. The van der Waals surface area contributed by atoms with Crippen LogP contribution in [0.1, 0.15) is 24.4 Å². The molecule has 5 rings (SSSR count). The number of nitrogens with zero attached hydrogens (tertiary/aromatic N) is 4. The molecule has 7 nitrogen and oxygen atoms in total. The number of sulfone groups is 1. The predicted molar refractivity (Wildman–Crippen MR) is 127 cm³/mol. The van der Waals surface area contributed by atoms with Gasteiger partial charge in [0.1, 0.15) is 17.7 Å². The Hall–Kier alpha value is -2.81. The van der Waals surface area contributed by atoms with Crippen molar-refractivity contribution >= 4 is 55.5 Å². The number of hydrogen-bond donors (Lipinski definition) is 1. The quantitative estimate of drug-likeness (QED) is 0.443. The lowest BCUT2D eigenvalue weighted by Gasteiger charge is -2.30. The van der Waals surface area contributed by atoms with E-state index in [-0.39, 0.29) is 10.9 Å². The zero-order chi connectivity index (χ0) is 22.8. The number of anilines is 1. The predicted octanol–water partition coefficient (Wildman–Crippen LogP) is 4.93. The Labute approximate surface area is 195 Å². The number of rotatable bonds is 3. The number of fused-ring (bicyclic) bond motifs is 2. The van der Waals surface area contributed by atoms with E-state index in [9.17, 15) is 8.42 Å². The lowest BCUT2D eigenvalue weighted by molar-refractivity contribution is 0.602. The minimum Gasteiger partial charge on any atom is -0.344 e. The molecule has 0 amide bonds. The Morgan fingerprint density at radius 2 is 1.84 bits per heavy atom. The van der Waals surface area contributed by atoms with Gasteiger partial charge >= 0.3 is 0 Å². The molecule has 0 saturated heterocycles. The van der Waals surface area contributed by atoms with Gasteiger partial charge in [-0.15, -0.1) is 0 Å². The second-order valence-corrected chi connectivity index (χ2v) is 10.6. The maximum atomic E-state index is 12.0. The van der Waals surface area contributed by atoms with E-state index >= 15 is 0 Å². The molecule has 3 heterocycles. The van der Waals surface area contributed by atoms with Crippen molar-refractivity contribution in [1.82, 2.24) is 19.3 Å². The number of halogens is 2. The number of imidazole rings is 1. The first kappa shape index (κ1) is 21.1. The summed E-state index contributed by atoms with van der Waals surface area (Å²) in [5, 5.41) is 8.86. The molecule has 2 aromatic carbocycles. The van der Waals surface area contributed by atoms with E-state index < -0.39 is 9.84 Å². The third-order valence-corrected chi connectivity index (χ3v) is 7.54. The summed E-state index contributed by atoms with van der Waals surface area (Å²) in [6.07, 6.45) is 2.92. The van der Waals surface area contributed by atoms with Gasteiger partial charge in [-0.1, -0.05) is 29.3 Å². The molecule has 1 aliphatic heterocycles. The normalized spacial score (nSPS) is 16.3. The number of allylic oxidation sites excluding steroid dienone is 2. The van der Waals surface area contributed by atoms with Crippen LogP contribution in [0.4, 0.5) is 5.82 Å². The van der Waals surface area contributed by atoms with E-state index in [1.807, 2.05) is 41.4 Å². The fourth-order valence-corrected chi connectivity index (χ4v) is 5.08. The van der Waals surface area contributed by atoms with Crippen molar-refractivity contribution in [3.63, 3.8) is 0 Å². The molecular weight excluding hydrogens is 469 g/mol. The fourth-order valence-electron chi connectivity index (χ4n) is 4.14. The van der Waals surface area contributed by atoms with Gasteiger partial charge < -0.3 is 9.88 Å². The smallest absolute Gasteiger partial charge is 0.175 e. The molecule has 1 atom stereocenters. The molecule has 4 aromatic rings. The van der Waals surface area contributed by atoms with Gasteiger partial charge in [-0.2, -0.15) is 5.10 Å². The standard InChI is InChI=1S/C22H19Cl2N5O2S/c1-12-20(22-27-17-11-14(32(3,30)31)5-7-18(17)28(22)2)21(29-19(26-12)8-9-25-29)13-4-6-15(23)16(24)10-13/h4-11,21,26H,1-3H3. The van der Waals surface area contributed by atoms with Crippen molar-refractivity contribution in [2.75, 3.05) is 11.6 Å². The monoisotopic (exact) mass is 487 g/mol. The molecule has 0 aliphatic carbocycles. The van der Waals surface area contributed by atoms with Crippen LogP contribution < -0.4 is 5.32 Å². The van der Waals surface area contributed by atoms with Crippen LogP contribution in [0.15, 0.2) is 59.3 Å². The summed E-state index contributed by atoms with van der Waals surface area (Å²) in [6, 6.07) is 12.1. The minimum atomic E-state index is -3.34. The van der Waals surface area contributed by atoms with Crippen LogP contribution in [0.2, 0.25) is 10.0 Å². The van der Waals surface area contributed by atoms with Crippen molar-refractivity contribution < 1.29 is 8.42 Å². The number of aryl methyl sites for hydroxylation is 1. The molecule has 1 aliphatic rings. The third-order valence-electron chi connectivity index (χ3n) is 5.69. The van der Waals surface area contributed by atoms with E-state index in [4.69, 9.17) is 28.2 Å². The summed E-state index contributed by atoms with van der Waals surface area (Å²) < 4.78 is 27.9. The van der Waals surface area contributed by atoms with Crippen LogP contribution in [0.5, 0.6) is 0 Å². The molecule has 0 bridgehead atoms. The Bertz CT molecular complexity index is 1540. The van der Waals surface area contributed by atoms with Gasteiger partial charge in [0.15, 0.2) is 9.84 Å². The highest BCUT2D eigenvalue weighted by Crippen LogP contribution is 2.42. The molecule has 0 fully saturated rings. The molecule has 1 N–H and O–H groups in total. The molecular formula is C22H19Cl2N5O2S. The van der Waals surface area contributed by atoms with E-state index in [0.29, 0.717) is 21.4 Å². The topological polar surface area (TPSA) is 81.8 Å². The maximum Gasteiger partial charge on any atom is 0.175 e. The molecule has 1 unspecified atom stereocenters. The molecule has 2 aromatic heterocycles. The highest BCUT2D eigenvalue weighted by Gasteiger charge is 2.32. The van der Waals surface area contributed by atoms with E-state index in [1.165, 1.54) is 6.26 Å². The zero-order valence-corrected chi connectivity index (χ0v) is 19.8. The average Bonchev–Trinajstić information content (AvgIpc) is 3.32. The van der Waals surface area contributed by atoms with Crippen molar-refractivity contribution in [2.45, 2.75) is 17.9 Å². The molecule has 32 heavy (non-hydrogen) atoms. The van der Waals surface area contributed by atoms with Gasteiger partial charge in [-0.3, -0.25) is 0 Å². The summed E-state index contributed by atoms with van der Waals surface area (Å²) >= 11 is 12.5. The van der Waals surface area contributed by atoms with E-state index in [2.05, 4.69) is 10.4 Å². The Morgan fingerprint density at radius 3 is 2.56 bits per heavy atom. The van der Waals surface area contributed by atoms with Crippen molar-refractivity contribution in [1.29, 1.82) is 0 Å². The molecule has 0 saturated carbocycles. The Morgan fingerprint density at radius 1 is 1.06 bits per heavy atom. The zero-order valence-electron chi connectivity index (χ0n) is 17.5. The maximum absolute atomic E-state index is 12.0. The average molecular weight is 488 g/mol. The summed E-state index contributed by atoms with van der Waals surface area (Å²) in [7, 11) is -1.43. The van der Waals surface area contributed by atoms with Gasteiger partial charge in [0, 0.05) is 30.6 Å². The van der Waals surface area contributed by atoms with Gasteiger partial charge in [0.05, 0.1) is 32.2 Å². The van der Waals surface area contributed by atoms with Crippen LogP contribution in [0.25, 0.3) is 16.6 Å². The van der Waals surface area contributed by atoms with Crippen LogP contribution in [0.3, 0.4) is 0 Å². The van der Waals surface area contributed by atoms with E-state index in [0.717, 1.165) is 28.2 Å². The van der Waals surface area contributed by atoms with Gasteiger partial charge in [-0.25, -0.2) is 18.1 Å². The highest BCUT2D eigenvalue weighted by atomic mass is 35.5. The first-order valence-electron chi connectivity index (χ1n) is 9.78. The first-order valence-corrected chi connectivity index (χ1v) is 12.4. The summed E-state index contributed by atoms with van der Waals surface area (Å²) in [5.74, 6) is 1.55. The van der Waals surface area contributed by atoms with Crippen molar-refractivity contribution in [2.24, 2.45) is 7.05 Å². The summed E-state index contributed by atoms with van der Waals surface area (Å²) in [6.45, 7) is 1.98. The minimum absolute atomic E-state index is 0.234.